The molecule has 0 aromatic rings. The average Bonchev–Trinajstić information content (AvgIpc) is 2.29. The van der Waals surface area contributed by atoms with E-state index >= 15 is 0 Å². The largest absolute Gasteiger partial charge is 0.456 e. The Labute approximate surface area is 120 Å². The highest BCUT2D eigenvalue weighted by Gasteiger charge is 2.37. The van der Waals surface area contributed by atoms with E-state index in [9.17, 15) is 36.2 Å². The number of hydrogen-bond donors (Lipinski definition) is 2. The molecule has 0 fully saturated rings. The van der Waals surface area contributed by atoms with Crippen LogP contribution in [0.4, 0.5) is 26.3 Å². The lowest BCUT2D eigenvalue weighted by atomic mass is 10.2. The first kappa shape index (κ1) is 19.8. The van der Waals surface area contributed by atoms with E-state index in [1.807, 2.05) is 0 Å². The van der Waals surface area contributed by atoms with E-state index in [0.717, 1.165) is 13.0 Å². The zero-order valence-corrected chi connectivity index (χ0v) is 11.3. The molecule has 1 unspecified atom stereocenters. The predicted octanol–water partition coefficient (Wildman–Crippen LogP) is 3.02. The molecule has 0 spiro atoms. The van der Waals surface area contributed by atoms with Crippen LogP contribution in [0.3, 0.4) is 0 Å². The van der Waals surface area contributed by atoms with Gasteiger partial charge in [-0.05, 0) is 13.0 Å². The van der Waals surface area contributed by atoms with Gasteiger partial charge in [-0.15, -0.1) is 0 Å². The lowest BCUT2D eigenvalue weighted by molar-refractivity contribution is -0.145. The van der Waals surface area contributed by atoms with Crippen molar-refractivity contribution in [1.82, 2.24) is 4.72 Å². The van der Waals surface area contributed by atoms with Crippen LogP contribution in [0.2, 0.25) is 0 Å². The number of esters is 1. The first-order chi connectivity index (χ1) is 9.25. The number of nitrogens with one attached hydrogen (secondary N) is 1. The summed E-state index contributed by atoms with van der Waals surface area (Å²) < 4.78 is 77.4. The van der Waals surface area contributed by atoms with E-state index < -0.39 is 47.3 Å². The lowest BCUT2D eigenvalue weighted by Crippen LogP contribution is -2.38. The number of alkyl halides is 6. The minimum absolute atomic E-state index is 0.456. The molecule has 11 heteroatoms. The standard InChI is InChI=1S/C10H11F6NO3S/c1-6(9(11,12)13)7(18)20-5-3-4-8(2,19)17-21-10(14,15)16/h3,5,17,19H,1,4H2,2H3/b5-3+. The third kappa shape index (κ3) is 9.37. The van der Waals surface area contributed by atoms with Crippen molar-refractivity contribution in [2.24, 2.45) is 0 Å². The van der Waals surface area contributed by atoms with E-state index in [0.29, 0.717) is 6.26 Å². The number of aliphatic hydroxyl groups is 1. The molecule has 2 N–H and O–H groups in total. The molecule has 0 aromatic heterocycles. The van der Waals surface area contributed by atoms with Gasteiger partial charge in [-0.2, -0.15) is 26.3 Å². The van der Waals surface area contributed by atoms with Gasteiger partial charge in [-0.3, -0.25) is 0 Å². The molecule has 0 aliphatic heterocycles. The van der Waals surface area contributed by atoms with E-state index in [2.05, 4.69) is 11.3 Å². The Morgan fingerprint density at radius 3 is 2.29 bits per heavy atom. The SMILES string of the molecule is C=C(C(=O)O/C=C/CC(C)(O)NSC(F)(F)F)C(F)(F)F. The van der Waals surface area contributed by atoms with E-state index in [4.69, 9.17) is 0 Å². The highest BCUT2D eigenvalue weighted by atomic mass is 32.2. The molecule has 0 bridgehead atoms. The quantitative estimate of drug-likeness (QED) is 0.195. The molecule has 122 valence electrons. The van der Waals surface area contributed by atoms with Crippen molar-refractivity contribution in [1.29, 1.82) is 0 Å². The van der Waals surface area contributed by atoms with Crippen LogP contribution >= 0.6 is 11.9 Å². The van der Waals surface area contributed by atoms with Crippen LogP contribution in [0, 0.1) is 0 Å². The molecule has 0 aliphatic rings. The number of halogens is 6. The number of carbonyl (C=O) groups excluding carboxylic acids is 1. The van der Waals surface area contributed by atoms with Crippen LogP contribution in [-0.2, 0) is 9.53 Å². The number of carbonyl (C=O) groups is 1. The van der Waals surface area contributed by atoms with Crippen LogP contribution in [-0.4, -0.2) is 28.5 Å². The molecule has 0 rings (SSSR count). The monoisotopic (exact) mass is 339 g/mol. The summed E-state index contributed by atoms with van der Waals surface area (Å²) in [5, 5.41) is 9.46. The van der Waals surface area contributed by atoms with Gasteiger partial charge >= 0.3 is 17.7 Å². The van der Waals surface area contributed by atoms with E-state index in [1.54, 1.807) is 4.72 Å². The highest BCUT2D eigenvalue weighted by Crippen LogP contribution is 2.29. The van der Waals surface area contributed by atoms with Crippen LogP contribution < -0.4 is 4.72 Å². The molecule has 0 amide bonds. The van der Waals surface area contributed by atoms with Gasteiger partial charge in [0.05, 0.1) is 6.26 Å². The molecule has 4 nitrogen and oxygen atoms in total. The number of hydrogen-bond acceptors (Lipinski definition) is 5. The van der Waals surface area contributed by atoms with Gasteiger partial charge in [-0.25, -0.2) is 9.52 Å². The Morgan fingerprint density at radius 1 is 1.33 bits per heavy atom. The lowest BCUT2D eigenvalue weighted by Gasteiger charge is -2.22. The van der Waals surface area contributed by atoms with Crippen LogP contribution in [0.1, 0.15) is 13.3 Å². The first-order valence-corrected chi connectivity index (χ1v) is 5.92. The maximum Gasteiger partial charge on any atom is 0.456 e. The van der Waals surface area contributed by atoms with Crippen molar-refractivity contribution in [3.8, 4) is 0 Å². The number of rotatable bonds is 6. The summed E-state index contributed by atoms with van der Waals surface area (Å²) in [6, 6.07) is 0. The van der Waals surface area contributed by atoms with Gasteiger partial charge in [0.2, 0.25) is 0 Å². The molecule has 1 atom stereocenters. The Hall–Kier alpha value is -1.20. The fourth-order valence-corrected chi connectivity index (χ4v) is 1.20. The van der Waals surface area contributed by atoms with Gasteiger partial charge in [0.1, 0.15) is 11.3 Å². The molecule has 0 saturated carbocycles. The van der Waals surface area contributed by atoms with Gasteiger partial charge in [-0.1, -0.05) is 6.58 Å². The zero-order chi connectivity index (χ0) is 16.9. The first-order valence-electron chi connectivity index (χ1n) is 5.11. The van der Waals surface area contributed by atoms with Crippen molar-refractivity contribution in [3.05, 3.63) is 24.5 Å². The van der Waals surface area contributed by atoms with Crippen molar-refractivity contribution in [3.63, 3.8) is 0 Å². The van der Waals surface area contributed by atoms with Crippen molar-refractivity contribution >= 4 is 17.9 Å². The third-order valence-corrected chi connectivity index (χ3v) is 2.54. The van der Waals surface area contributed by atoms with Gasteiger partial charge in [0.25, 0.3) is 0 Å². The summed E-state index contributed by atoms with van der Waals surface area (Å²) >= 11 is -0.691. The Morgan fingerprint density at radius 2 is 1.86 bits per heavy atom. The molecular formula is C10H11F6NO3S. The Bertz CT molecular complexity index is 416. The normalized spacial score (nSPS) is 15.8. The fraction of sp³-hybridized carbons (Fsp3) is 0.500. The minimum atomic E-state index is -4.94. The smallest absolute Gasteiger partial charge is 0.431 e. The molecule has 0 heterocycles. The van der Waals surface area contributed by atoms with Gasteiger partial charge < -0.3 is 9.84 Å². The molecular weight excluding hydrogens is 328 g/mol. The molecule has 0 aromatic carbocycles. The third-order valence-electron chi connectivity index (χ3n) is 1.76. The van der Waals surface area contributed by atoms with E-state index in [1.165, 1.54) is 0 Å². The van der Waals surface area contributed by atoms with Crippen LogP contribution in [0.25, 0.3) is 0 Å². The topological polar surface area (TPSA) is 58.6 Å². The van der Waals surface area contributed by atoms with Gasteiger partial charge in [0.15, 0.2) is 0 Å². The van der Waals surface area contributed by atoms with Crippen molar-refractivity contribution in [2.75, 3.05) is 0 Å². The Kier molecular flexibility index (Phi) is 6.77. The minimum Gasteiger partial charge on any atom is -0.431 e. The maximum absolute atomic E-state index is 12.0. The molecule has 0 saturated heterocycles. The summed E-state index contributed by atoms with van der Waals surface area (Å²) in [6.07, 6.45) is -4.00. The second-order valence-electron chi connectivity index (χ2n) is 3.88. The molecule has 0 aliphatic carbocycles. The summed E-state index contributed by atoms with van der Waals surface area (Å²) in [4.78, 5) is 10.8. The summed E-state index contributed by atoms with van der Waals surface area (Å²) in [6.45, 7) is 3.48. The number of ether oxygens (including phenoxy) is 1. The fourth-order valence-electron chi connectivity index (χ4n) is 0.784. The summed E-state index contributed by atoms with van der Waals surface area (Å²) in [7, 11) is 0. The second kappa shape index (κ2) is 7.18. The summed E-state index contributed by atoms with van der Waals surface area (Å²) in [5.41, 5.74) is -8.36. The molecule has 0 radical (unpaired) electrons. The average molecular weight is 339 g/mol. The maximum atomic E-state index is 12.0. The van der Waals surface area contributed by atoms with Crippen LogP contribution in [0.15, 0.2) is 24.5 Å². The Balaban J connectivity index is 4.28. The predicted molar refractivity (Wildman–Crippen MR) is 62.4 cm³/mol. The zero-order valence-electron chi connectivity index (χ0n) is 10.5. The van der Waals surface area contributed by atoms with Crippen LogP contribution in [0.5, 0.6) is 0 Å². The summed E-state index contributed by atoms with van der Waals surface area (Å²) in [5.74, 6) is -1.75. The van der Waals surface area contributed by atoms with Crippen molar-refractivity contribution in [2.45, 2.75) is 30.8 Å². The second-order valence-corrected chi connectivity index (χ2v) is 4.75. The molecule has 21 heavy (non-hydrogen) atoms. The van der Waals surface area contributed by atoms with E-state index in [-0.39, 0.29) is 0 Å². The highest BCUT2D eigenvalue weighted by molar-refractivity contribution is 7.98. The van der Waals surface area contributed by atoms with Gasteiger partial charge in [0, 0.05) is 18.4 Å². The van der Waals surface area contributed by atoms with Crippen molar-refractivity contribution < 1.29 is 41.0 Å².